The average Bonchev–Trinajstić information content (AvgIpc) is 3.50. The van der Waals surface area contributed by atoms with Gasteiger partial charge in [-0.1, -0.05) is 12.1 Å². The number of hydrogen-bond acceptors (Lipinski definition) is 8. The molecule has 36 heavy (non-hydrogen) atoms. The van der Waals surface area contributed by atoms with E-state index >= 15 is 0 Å². The molecule has 4 aromatic rings. The number of hydrogen-bond donors (Lipinski definition) is 1. The van der Waals surface area contributed by atoms with Gasteiger partial charge in [-0.2, -0.15) is 0 Å². The molecule has 0 radical (unpaired) electrons. The van der Waals surface area contributed by atoms with Gasteiger partial charge in [-0.25, -0.2) is 19.3 Å². The summed E-state index contributed by atoms with van der Waals surface area (Å²) >= 11 is 1.59. The van der Waals surface area contributed by atoms with Crippen molar-refractivity contribution < 1.29 is 9.13 Å². The van der Waals surface area contributed by atoms with Crippen molar-refractivity contribution in [2.24, 2.45) is 0 Å². The highest BCUT2D eigenvalue weighted by Gasteiger charge is 2.26. The summed E-state index contributed by atoms with van der Waals surface area (Å²) in [4.78, 5) is 21.1. The Balaban J connectivity index is 1.27. The van der Waals surface area contributed by atoms with Crippen LogP contribution in [0, 0.1) is 6.92 Å². The molecule has 0 saturated carbocycles. The predicted octanol–water partition coefficient (Wildman–Crippen LogP) is 5.64. The van der Waals surface area contributed by atoms with E-state index in [1.165, 1.54) is 5.56 Å². The minimum atomic E-state index is -0.744. The van der Waals surface area contributed by atoms with Gasteiger partial charge in [0.05, 0.1) is 15.9 Å². The lowest BCUT2D eigenvalue weighted by Gasteiger charge is -2.26. The van der Waals surface area contributed by atoms with E-state index in [-0.39, 0.29) is 0 Å². The molecular weight excluding hydrogens is 475 g/mol. The molecule has 0 spiro atoms. The number of anilines is 2. The smallest absolute Gasteiger partial charge is 0.143 e. The quantitative estimate of drug-likeness (QED) is 0.364. The zero-order valence-corrected chi connectivity index (χ0v) is 21.1. The lowest BCUT2D eigenvalue weighted by atomic mass is 9.90. The Kier molecular flexibility index (Phi) is 6.60. The molecule has 1 N–H and O–H groups in total. The van der Waals surface area contributed by atoms with Crippen LogP contribution in [0.1, 0.15) is 42.0 Å². The van der Waals surface area contributed by atoms with E-state index in [1.807, 2.05) is 37.4 Å². The number of halogens is 1. The van der Waals surface area contributed by atoms with Crippen LogP contribution in [0.25, 0.3) is 20.9 Å². The Hall–Kier alpha value is -3.01. The standard InChI is InChI=1S/C27H29FN6OS/c1-17-3-2-9-29-26(17)27-32-21-13-25(30-14-23(21)36-27)33-24-5-4-20(18-7-11-35-12-8-18)22(31-24)16-34-10-6-19(28)15-34/h2-5,9,13-14,18-19H,6-8,10-12,15-16H2,1H3,(H,30,31,33)/t19-/m1/s1. The van der Waals surface area contributed by atoms with Gasteiger partial charge in [0.15, 0.2) is 0 Å². The molecule has 4 aromatic heterocycles. The van der Waals surface area contributed by atoms with Crippen molar-refractivity contribution >= 4 is 33.2 Å². The molecule has 0 amide bonds. The van der Waals surface area contributed by atoms with Crippen LogP contribution in [0.4, 0.5) is 16.0 Å². The van der Waals surface area contributed by atoms with E-state index in [1.54, 1.807) is 17.5 Å². The first-order chi connectivity index (χ1) is 17.6. The molecule has 6 rings (SSSR count). The Morgan fingerprint density at radius 3 is 2.81 bits per heavy atom. The van der Waals surface area contributed by atoms with Gasteiger partial charge in [0.25, 0.3) is 0 Å². The molecular formula is C27H29FN6OS. The summed E-state index contributed by atoms with van der Waals surface area (Å²) in [5, 5.41) is 4.26. The maximum absolute atomic E-state index is 13.9. The molecule has 1 atom stereocenters. The Morgan fingerprint density at radius 1 is 1.11 bits per heavy atom. The van der Waals surface area contributed by atoms with Gasteiger partial charge in [-0.3, -0.25) is 9.88 Å². The highest BCUT2D eigenvalue weighted by molar-refractivity contribution is 7.21. The number of pyridine rings is 3. The first kappa shape index (κ1) is 23.4. The van der Waals surface area contributed by atoms with Gasteiger partial charge in [-0.05, 0) is 55.4 Å². The molecule has 0 aromatic carbocycles. The summed E-state index contributed by atoms with van der Waals surface area (Å²) in [5.41, 5.74) is 5.15. The lowest BCUT2D eigenvalue weighted by molar-refractivity contribution is 0.0849. The second-order valence-electron chi connectivity index (χ2n) is 9.59. The fourth-order valence-electron chi connectivity index (χ4n) is 5.07. The Morgan fingerprint density at radius 2 is 2.00 bits per heavy atom. The number of rotatable bonds is 6. The number of nitrogens with zero attached hydrogens (tertiary/aromatic N) is 5. The predicted molar refractivity (Wildman–Crippen MR) is 140 cm³/mol. The number of ether oxygens (including phenoxy) is 1. The maximum atomic E-state index is 13.9. The highest BCUT2D eigenvalue weighted by Crippen LogP contribution is 2.33. The second kappa shape index (κ2) is 10.2. The van der Waals surface area contributed by atoms with Crippen LogP contribution in [0.2, 0.25) is 0 Å². The number of aryl methyl sites for hydroxylation is 1. The van der Waals surface area contributed by atoms with Gasteiger partial charge >= 0.3 is 0 Å². The largest absolute Gasteiger partial charge is 0.381 e. The average molecular weight is 505 g/mol. The number of nitrogens with one attached hydrogen (secondary N) is 1. The van der Waals surface area contributed by atoms with Crippen molar-refractivity contribution in [1.29, 1.82) is 0 Å². The van der Waals surface area contributed by atoms with Gasteiger partial charge < -0.3 is 10.1 Å². The fourth-order valence-corrected chi connectivity index (χ4v) is 6.05. The molecule has 0 unspecified atom stereocenters. The Bertz CT molecular complexity index is 1370. The molecule has 186 valence electrons. The summed E-state index contributed by atoms with van der Waals surface area (Å²) in [7, 11) is 0. The summed E-state index contributed by atoms with van der Waals surface area (Å²) in [5.74, 6) is 1.86. The van der Waals surface area contributed by atoms with Gasteiger partial charge in [-0.15, -0.1) is 11.3 Å². The first-order valence-corrected chi connectivity index (χ1v) is 13.3. The fraction of sp³-hybridized carbons (Fsp3) is 0.407. The Labute approximate surface area is 213 Å². The third kappa shape index (κ3) is 4.96. The highest BCUT2D eigenvalue weighted by atomic mass is 32.1. The topological polar surface area (TPSA) is 76.1 Å². The van der Waals surface area contributed by atoms with E-state index in [4.69, 9.17) is 14.7 Å². The first-order valence-electron chi connectivity index (χ1n) is 12.5. The van der Waals surface area contributed by atoms with E-state index in [0.29, 0.717) is 31.2 Å². The molecule has 2 saturated heterocycles. The summed E-state index contributed by atoms with van der Waals surface area (Å²) < 4.78 is 20.4. The number of fused-ring (bicyclic) bond motifs is 1. The van der Waals surface area contributed by atoms with E-state index in [9.17, 15) is 4.39 Å². The zero-order valence-electron chi connectivity index (χ0n) is 20.3. The minimum Gasteiger partial charge on any atom is -0.381 e. The van der Waals surface area contributed by atoms with E-state index in [2.05, 4.69) is 26.3 Å². The lowest BCUT2D eigenvalue weighted by Crippen LogP contribution is -2.24. The molecule has 6 heterocycles. The number of aromatic nitrogens is 4. The third-order valence-electron chi connectivity index (χ3n) is 7.00. The van der Waals surface area contributed by atoms with Crippen molar-refractivity contribution in [2.45, 2.75) is 44.8 Å². The summed E-state index contributed by atoms with van der Waals surface area (Å²) in [6.45, 7) is 5.51. The number of alkyl halides is 1. The second-order valence-corrected chi connectivity index (χ2v) is 10.6. The van der Waals surface area contributed by atoms with E-state index in [0.717, 1.165) is 70.6 Å². The maximum Gasteiger partial charge on any atom is 0.143 e. The van der Waals surface area contributed by atoms with Crippen LogP contribution < -0.4 is 5.32 Å². The summed E-state index contributed by atoms with van der Waals surface area (Å²) in [6, 6.07) is 10.1. The SMILES string of the molecule is Cc1cccnc1-c1nc2cc(Nc3ccc(C4CCOCC4)c(CN4CC[C@@H](F)C4)n3)ncc2s1. The number of thiazole rings is 1. The van der Waals surface area contributed by atoms with Crippen LogP contribution in [0.15, 0.2) is 42.7 Å². The van der Waals surface area contributed by atoms with Crippen molar-refractivity contribution in [1.82, 2.24) is 24.8 Å². The molecule has 0 aliphatic carbocycles. The molecule has 2 aliphatic rings. The molecule has 0 bridgehead atoms. The minimum absolute atomic E-state index is 0.428. The van der Waals surface area contributed by atoms with Crippen molar-refractivity contribution in [3.63, 3.8) is 0 Å². The zero-order chi connectivity index (χ0) is 24.5. The third-order valence-corrected chi connectivity index (χ3v) is 8.01. The van der Waals surface area contributed by atoms with Crippen LogP contribution in [-0.4, -0.2) is 57.3 Å². The van der Waals surface area contributed by atoms with Crippen LogP contribution in [-0.2, 0) is 11.3 Å². The van der Waals surface area contributed by atoms with Crippen LogP contribution in [0.5, 0.6) is 0 Å². The van der Waals surface area contributed by atoms with Crippen LogP contribution >= 0.6 is 11.3 Å². The molecule has 2 fully saturated rings. The van der Waals surface area contributed by atoms with E-state index < -0.39 is 6.17 Å². The van der Waals surface area contributed by atoms with Crippen molar-refractivity contribution in [3.05, 3.63) is 59.5 Å². The molecule has 7 nitrogen and oxygen atoms in total. The summed E-state index contributed by atoms with van der Waals surface area (Å²) in [6.07, 6.45) is 5.48. The molecule has 9 heteroatoms. The van der Waals surface area contributed by atoms with Gasteiger partial charge in [0.1, 0.15) is 28.5 Å². The van der Waals surface area contributed by atoms with Gasteiger partial charge in [0, 0.05) is 51.3 Å². The van der Waals surface area contributed by atoms with Crippen molar-refractivity contribution in [3.8, 4) is 10.7 Å². The number of likely N-dealkylation sites (tertiary alicyclic amines) is 1. The molecule has 2 aliphatic heterocycles. The monoisotopic (exact) mass is 504 g/mol. The van der Waals surface area contributed by atoms with Crippen LogP contribution in [0.3, 0.4) is 0 Å². The van der Waals surface area contributed by atoms with Gasteiger partial charge in [0.2, 0.25) is 0 Å². The van der Waals surface area contributed by atoms with Crippen molar-refractivity contribution in [2.75, 3.05) is 31.6 Å². The normalized spacial score (nSPS) is 19.2.